The van der Waals surface area contributed by atoms with Crippen molar-refractivity contribution in [2.24, 2.45) is 0 Å². The Labute approximate surface area is 364 Å². The first kappa shape index (κ1) is 35.6. The van der Waals surface area contributed by atoms with E-state index in [1.54, 1.807) is 0 Å². The molecule has 0 aliphatic heterocycles. The van der Waals surface area contributed by atoms with Crippen LogP contribution in [0.25, 0.3) is 105 Å². The van der Waals surface area contributed by atoms with E-state index < -0.39 is 0 Å². The van der Waals surface area contributed by atoms with Crippen LogP contribution in [0.5, 0.6) is 0 Å². The summed E-state index contributed by atoms with van der Waals surface area (Å²) in [6.07, 6.45) is 7.76. The number of hydrogen-bond acceptors (Lipinski definition) is 1. The van der Waals surface area contributed by atoms with Crippen LogP contribution in [0.3, 0.4) is 0 Å². The van der Waals surface area contributed by atoms with E-state index in [1.165, 1.54) is 71.7 Å². The predicted molar refractivity (Wildman–Crippen MR) is 264 cm³/mol. The SMILES string of the molecule is C1=CCC(c2ccccc2)C(c2ccc(-n3c4ccccc4c4ccc(-c5ccc6c(c5)c5ccccc5n6-c5ccccc5-c5ccccc5)cc43)c3oc4ccccc4c23)=C1. The van der Waals surface area contributed by atoms with Gasteiger partial charge in [-0.05, 0) is 88.3 Å². The summed E-state index contributed by atoms with van der Waals surface area (Å²) in [6, 6.07) is 75.0. The summed E-state index contributed by atoms with van der Waals surface area (Å²) in [7, 11) is 0. The molecule has 3 aromatic heterocycles. The second kappa shape index (κ2) is 14.2. The second-order valence-corrected chi connectivity index (χ2v) is 16.7. The topological polar surface area (TPSA) is 23.0 Å². The number of para-hydroxylation sites is 4. The first-order chi connectivity index (χ1) is 31.3. The molecule has 0 N–H and O–H groups in total. The van der Waals surface area contributed by atoms with E-state index in [4.69, 9.17) is 4.42 Å². The molecule has 0 radical (unpaired) electrons. The first-order valence-electron chi connectivity index (χ1n) is 21.9. The summed E-state index contributed by atoms with van der Waals surface area (Å²) in [4.78, 5) is 0. The Morgan fingerprint density at radius 3 is 1.86 bits per heavy atom. The molecule has 3 heteroatoms. The average molecular weight is 805 g/mol. The lowest BCUT2D eigenvalue weighted by Gasteiger charge is -2.23. The number of fused-ring (bicyclic) bond motifs is 9. The van der Waals surface area contributed by atoms with E-state index in [9.17, 15) is 0 Å². The molecule has 0 spiro atoms. The van der Waals surface area contributed by atoms with Crippen molar-refractivity contribution in [2.75, 3.05) is 0 Å². The van der Waals surface area contributed by atoms with Crippen LogP contribution < -0.4 is 0 Å². The Morgan fingerprint density at radius 1 is 0.413 bits per heavy atom. The Morgan fingerprint density at radius 2 is 1.03 bits per heavy atom. The molecule has 9 aromatic carbocycles. The van der Waals surface area contributed by atoms with Crippen LogP contribution in [0.15, 0.2) is 229 Å². The third-order valence-corrected chi connectivity index (χ3v) is 13.3. The van der Waals surface area contributed by atoms with E-state index in [1.807, 2.05) is 0 Å². The molecule has 1 aliphatic rings. The standard InChI is InChI=1S/C60H40N2O/c1-3-17-39(18-4-1)43-21-7-8-23-45(43)49-34-36-56(60-59(49)50-26-12-16-30-58(50)63-60)62-53-28-14-10-24-46(53)48-33-31-42(38-57(48)62)41-32-35-55-51(37-41)47-25-11-15-29-54(47)61(55)52-27-13-9-22-44(52)40-19-5-2-6-20-40/h1-20,22-38,43H,21H2. The van der Waals surface area contributed by atoms with Crippen molar-refractivity contribution in [1.29, 1.82) is 0 Å². The fourth-order valence-electron chi connectivity index (χ4n) is 10.5. The van der Waals surface area contributed by atoms with Crippen LogP contribution in [0, 0.1) is 0 Å². The van der Waals surface area contributed by atoms with Crippen LogP contribution >= 0.6 is 0 Å². The van der Waals surface area contributed by atoms with Crippen molar-refractivity contribution in [1.82, 2.24) is 9.13 Å². The number of furan rings is 1. The molecule has 3 nitrogen and oxygen atoms in total. The van der Waals surface area contributed by atoms with Gasteiger partial charge < -0.3 is 13.6 Å². The molecule has 63 heavy (non-hydrogen) atoms. The van der Waals surface area contributed by atoms with E-state index in [0.29, 0.717) is 0 Å². The second-order valence-electron chi connectivity index (χ2n) is 16.7. The van der Waals surface area contributed by atoms with Gasteiger partial charge >= 0.3 is 0 Å². The molecule has 1 unspecified atom stereocenters. The summed E-state index contributed by atoms with van der Waals surface area (Å²) < 4.78 is 11.8. The van der Waals surface area contributed by atoms with Crippen molar-refractivity contribution in [3.63, 3.8) is 0 Å². The number of nitrogens with zero attached hydrogens (tertiary/aromatic N) is 2. The lowest BCUT2D eigenvalue weighted by Crippen LogP contribution is -2.05. The van der Waals surface area contributed by atoms with E-state index in [2.05, 4.69) is 234 Å². The summed E-state index contributed by atoms with van der Waals surface area (Å²) >= 11 is 0. The minimum absolute atomic E-state index is 0.250. The Kier molecular flexibility index (Phi) is 8.04. The molecule has 1 aliphatic carbocycles. The lowest BCUT2D eigenvalue weighted by atomic mass is 9.80. The van der Waals surface area contributed by atoms with Crippen molar-refractivity contribution < 1.29 is 4.42 Å². The summed E-state index contributed by atoms with van der Waals surface area (Å²) in [5, 5.41) is 7.18. The Hall–Kier alpha value is -8.14. The van der Waals surface area contributed by atoms with Gasteiger partial charge in [-0.2, -0.15) is 0 Å². The van der Waals surface area contributed by atoms with Crippen molar-refractivity contribution >= 4 is 71.1 Å². The minimum Gasteiger partial charge on any atom is -0.454 e. The third-order valence-electron chi connectivity index (χ3n) is 13.3. The fourth-order valence-corrected chi connectivity index (χ4v) is 10.5. The zero-order valence-corrected chi connectivity index (χ0v) is 34.4. The Balaban J connectivity index is 1.01. The number of benzene rings is 9. The molecule has 0 fully saturated rings. The highest BCUT2D eigenvalue weighted by atomic mass is 16.3. The third kappa shape index (κ3) is 5.53. The quantitative estimate of drug-likeness (QED) is 0.164. The normalized spacial score (nSPS) is 14.2. The van der Waals surface area contributed by atoms with Gasteiger partial charge in [-0.1, -0.05) is 176 Å². The van der Waals surface area contributed by atoms with Gasteiger partial charge in [0.1, 0.15) is 5.58 Å². The Bertz CT molecular complexity index is 3820. The number of rotatable bonds is 6. The van der Waals surface area contributed by atoms with Gasteiger partial charge in [0.2, 0.25) is 0 Å². The number of allylic oxidation sites excluding steroid dienone is 4. The summed E-state index contributed by atoms with van der Waals surface area (Å²) in [6.45, 7) is 0. The molecular weight excluding hydrogens is 765 g/mol. The molecule has 0 amide bonds. The van der Waals surface area contributed by atoms with Crippen molar-refractivity contribution in [3.05, 3.63) is 236 Å². The van der Waals surface area contributed by atoms with Gasteiger partial charge in [0.15, 0.2) is 5.58 Å². The number of hydrogen-bond donors (Lipinski definition) is 0. The molecule has 0 bridgehead atoms. The molecule has 12 aromatic rings. The first-order valence-corrected chi connectivity index (χ1v) is 21.9. The monoisotopic (exact) mass is 804 g/mol. The molecular formula is C60H40N2O. The molecule has 3 heterocycles. The van der Waals surface area contributed by atoms with Crippen LogP contribution in [-0.2, 0) is 0 Å². The van der Waals surface area contributed by atoms with E-state index in [-0.39, 0.29) is 5.92 Å². The lowest BCUT2D eigenvalue weighted by molar-refractivity contribution is 0.666. The maximum atomic E-state index is 6.99. The molecule has 1 atom stereocenters. The summed E-state index contributed by atoms with van der Waals surface area (Å²) in [5.74, 6) is 0.250. The number of aromatic nitrogens is 2. The van der Waals surface area contributed by atoms with Gasteiger partial charge in [-0.25, -0.2) is 0 Å². The zero-order chi connectivity index (χ0) is 41.4. The van der Waals surface area contributed by atoms with Gasteiger partial charge in [0, 0.05) is 43.8 Å². The predicted octanol–water partition coefficient (Wildman–Crippen LogP) is 16.2. The smallest absolute Gasteiger partial charge is 0.160 e. The van der Waals surface area contributed by atoms with E-state index >= 15 is 0 Å². The van der Waals surface area contributed by atoms with Crippen molar-refractivity contribution in [2.45, 2.75) is 12.3 Å². The maximum Gasteiger partial charge on any atom is 0.160 e. The summed E-state index contributed by atoms with van der Waals surface area (Å²) in [5.41, 5.74) is 17.3. The van der Waals surface area contributed by atoms with Gasteiger partial charge in [0.25, 0.3) is 0 Å². The molecule has 296 valence electrons. The van der Waals surface area contributed by atoms with E-state index in [0.717, 1.165) is 50.6 Å². The molecule has 0 saturated carbocycles. The largest absolute Gasteiger partial charge is 0.454 e. The molecule has 13 rings (SSSR count). The maximum absolute atomic E-state index is 6.99. The van der Waals surface area contributed by atoms with Gasteiger partial charge in [-0.15, -0.1) is 0 Å². The van der Waals surface area contributed by atoms with Gasteiger partial charge in [0.05, 0.1) is 33.4 Å². The van der Waals surface area contributed by atoms with Crippen LogP contribution in [0.2, 0.25) is 0 Å². The zero-order valence-electron chi connectivity index (χ0n) is 34.4. The van der Waals surface area contributed by atoms with Crippen LogP contribution in [-0.4, -0.2) is 9.13 Å². The van der Waals surface area contributed by atoms with Crippen LogP contribution in [0.4, 0.5) is 0 Å². The average Bonchev–Trinajstić information content (AvgIpc) is 4.02. The van der Waals surface area contributed by atoms with Crippen LogP contribution in [0.1, 0.15) is 23.5 Å². The highest BCUT2D eigenvalue weighted by molar-refractivity contribution is 6.16. The minimum atomic E-state index is 0.250. The van der Waals surface area contributed by atoms with Crippen molar-refractivity contribution in [3.8, 4) is 33.6 Å². The highest BCUT2D eigenvalue weighted by Gasteiger charge is 2.26. The van der Waals surface area contributed by atoms with Gasteiger partial charge in [-0.3, -0.25) is 0 Å². The highest BCUT2D eigenvalue weighted by Crippen LogP contribution is 2.46. The molecule has 0 saturated heterocycles. The fraction of sp³-hybridized carbons (Fsp3) is 0.0333.